The zero-order chi connectivity index (χ0) is 20.1. The maximum Gasteiger partial charge on any atom is 0.191 e. The van der Waals surface area contributed by atoms with E-state index in [-0.39, 0.29) is 30.0 Å². The van der Waals surface area contributed by atoms with Crippen LogP contribution in [0.1, 0.15) is 34.9 Å². The average molecular weight is 515 g/mol. The largest absolute Gasteiger partial charge is 0.496 e. The summed E-state index contributed by atoms with van der Waals surface area (Å²) in [6.45, 7) is 5.78. The third-order valence-corrected chi connectivity index (χ3v) is 4.91. The number of aryl methyl sites for hydroxylation is 2. The van der Waals surface area contributed by atoms with Gasteiger partial charge in [0.25, 0.3) is 0 Å². The van der Waals surface area contributed by atoms with E-state index in [0.29, 0.717) is 13.2 Å². The van der Waals surface area contributed by atoms with E-state index in [1.54, 1.807) is 21.3 Å². The molecule has 9 nitrogen and oxygen atoms in total. The predicted molar refractivity (Wildman–Crippen MR) is 122 cm³/mol. The van der Waals surface area contributed by atoms with Gasteiger partial charge in [0.05, 0.1) is 25.9 Å². The van der Waals surface area contributed by atoms with Gasteiger partial charge in [-0.15, -0.1) is 24.0 Å². The quantitative estimate of drug-likeness (QED) is 0.344. The van der Waals surface area contributed by atoms with E-state index in [1.807, 2.05) is 24.7 Å². The van der Waals surface area contributed by atoms with Gasteiger partial charge >= 0.3 is 0 Å². The van der Waals surface area contributed by atoms with Crippen molar-refractivity contribution in [1.82, 2.24) is 30.4 Å². The monoisotopic (exact) mass is 515 g/mol. The number of hydrogen-bond donors (Lipinski definition) is 2. The number of aliphatic imine (C=N–C) groups is 1. The Morgan fingerprint density at radius 3 is 2.83 bits per heavy atom. The molecule has 29 heavy (non-hydrogen) atoms. The summed E-state index contributed by atoms with van der Waals surface area (Å²) in [5, 5.41) is 11.3. The Labute approximate surface area is 188 Å². The van der Waals surface area contributed by atoms with E-state index in [0.717, 1.165) is 59.6 Å². The molecule has 3 rings (SSSR count). The minimum atomic E-state index is 0. The van der Waals surface area contributed by atoms with Gasteiger partial charge in [0.15, 0.2) is 11.8 Å². The Kier molecular flexibility index (Phi) is 8.62. The molecule has 3 heterocycles. The van der Waals surface area contributed by atoms with E-state index in [1.165, 1.54) is 0 Å². The molecular weight excluding hydrogens is 485 g/mol. The fourth-order valence-electron chi connectivity index (χ4n) is 3.47. The molecule has 2 aromatic rings. The number of fused-ring (bicyclic) bond motifs is 1. The number of ether oxygens (including phenoxy) is 2. The van der Waals surface area contributed by atoms with Crippen LogP contribution in [0.3, 0.4) is 0 Å². The maximum atomic E-state index is 5.49. The van der Waals surface area contributed by atoms with Crippen molar-refractivity contribution >= 4 is 29.9 Å². The molecule has 160 valence electrons. The first kappa shape index (κ1) is 23.3. The van der Waals surface area contributed by atoms with E-state index in [2.05, 4.69) is 30.7 Å². The molecule has 0 saturated heterocycles. The van der Waals surface area contributed by atoms with Gasteiger partial charge in [0, 0.05) is 43.9 Å². The highest BCUT2D eigenvalue weighted by atomic mass is 127. The van der Waals surface area contributed by atoms with Crippen molar-refractivity contribution in [3.05, 3.63) is 34.7 Å². The molecule has 0 aliphatic carbocycles. The van der Waals surface area contributed by atoms with Crippen LogP contribution in [0.4, 0.5) is 0 Å². The minimum Gasteiger partial charge on any atom is -0.496 e. The van der Waals surface area contributed by atoms with Crippen molar-refractivity contribution in [2.24, 2.45) is 4.99 Å². The normalized spacial score (nSPS) is 16.0. The topological polar surface area (TPSA) is 98.5 Å². The summed E-state index contributed by atoms with van der Waals surface area (Å²) >= 11 is 0. The molecule has 1 atom stereocenters. The van der Waals surface area contributed by atoms with Crippen LogP contribution in [0.25, 0.3) is 0 Å². The molecule has 0 fully saturated rings. The second kappa shape index (κ2) is 10.7. The van der Waals surface area contributed by atoms with E-state index in [9.17, 15) is 0 Å². The first-order chi connectivity index (χ1) is 13.5. The second-order valence-corrected chi connectivity index (χ2v) is 6.91. The van der Waals surface area contributed by atoms with Crippen LogP contribution >= 0.6 is 24.0 Å². The molecule has 2 N–H and O–H groups in total. The van der Waals surface area contributed by atoms with Gasteiger partial charge in [-0.25, -0.2) is 9.67 Å². The lowest BCUT2D eigenvalue weighted by molar-refractivity contribution is 0.177. The summed E-state index contributed by atoms with van der Waals surface area (Å²) in [6, 6.07) is 0.234. The number of hydrogen-bond acceptors (Lipinski definition) is 6. The maximum absolute atomic E-state index is 5.49. The van der Waals surface area contributed by atoms with Gasteiger partial charge in [-0.1, -0.05) is 0 Å². The molecule has 0 radical (unpaired) electrons. The summed E-state index contributed by atoms with van der Waals surface area (Å²) in [6.07, 6.45) is 3.69. The van der Waals surface area contributed by atoms with E-state index in [4.69, 9.17) is 9.47 Å². The first-order valence-corrected chi connectivity index (χ1v) is 9.43. The van der Waals surface area contributed by atoms with Crippen LogP contribution in [-0.2, 0) is 30.9 Å². The highest BCUT2D eigenvalue weighted by molar-refractivity contribution is 14.0. The Bertz CT molecular complexity index is 853. The molecule has 10 heteroatoms. The molecule has 1 aliphatic rings. The number of aromatic nitrogens is 4. The van der Waals surface area contributed by atoms with Gasteiger partial charge in [-0.05, 0) is 20.3 Å². The van der Waals surface area contributed by atoms with Crippen molar-refractivity contribution < 1.29 is 9.47 Å². The number of nitrogens with zero attached hydrogens (tertiary/aromatic N) is 5. The first-order valence-electron chi connectivity index (χ1n) is 9.43. The predicted octanol–water partition coefficient (Wildman–Crippen LogP) is 1.74. The molecule has 0 saturated carbocycles. The molecule has 0 aromatic carbocycles. The number of pyridine rings is 1. The fourth-order valence-corrected chi connectivity index (χ4v) is 3.47. The number of halogens is 1. The summed E-state index contributed by atoms with van der Waals surface area (Å²) < 4.78 is 12.6. The lowest BCUT2D eigenvalue weighted by Gasteiger charge is -2.25. The number of rotatable bonds is 6. The second-order valence-electron chi connectivity index (χ2n) is 6.91. The van der Waals surface area contributed by atoms with E-state index < -0.39 is 0 Å². The molecule has 0 spiro atoms. The van der Waals surface area contributed by atoms with Gasteiger partial charge in [-0.3, -0.25) is 9.98 Å². The van der Waals surface area contributed by atoms with Gasteiger partial charge in [0.2, 0.25) is 0 Å². The van der Waals surface area contributed by atoms with Crippen LogP contribution in [0.5, 0.6) is 5.75 Å². The Balaban J connectivity index is 0.00000300. The zero-order valence-electron chi connectivity index (χ0n) is 17.7. The molecule has 0 amide bonds. The third-order valence-electron chi connectivity index (χ3n) is 4.91. The molecular formula is C19H30IN7O2. The Hall–Kier alpha value is -1.95. The van der Waals surface area contributed by atoms with Crippen LogP contribution in [0, 0.1) is 13.8 Å². The molecule has 1 unspecified atom stereocenters. The van der Waals surface area contributed by atoms with Crippen molar-refractivity contribution in [3.63, 3.8) is 0 Å². The van der Waals surface area contributed by atoms with Crippen molar-refractivity contribution in [2.75, 3.05) is 21.3 Å². The molecule has 1 aliphatic heterocycles. The van der Waals surface area contributed by atoms with Crippen LogP contribution in [0.15, 0.2) is 11.2 Å². The van der Waals surface area contributed by atoms with Crippen molar-refractivity contribution in [1.29, 1.82) is 0 Å². The summed E-state index contributed by atoms with van der Waals surface area (Å²) in [4.78, 5) is 13.4. The lowest BCUT2D eigenvalue weighted by atomic mass is 10.1. The molecule has 0 bridgehead atoms. The third kappa shape index (κ3) is 5.56. The average Bonchev–Trinajstić information content (AvgIpc) is 3.08. The zero-order valence-corrected chi connectivity index (χ0v) is 20.0. The SMILES string of the molecule is CN=C(NCc1ncc(C)c(OC)c1C)NC1CCc2nc(COC)nn2C1.I. The summed E-state index contributed by atoms with van der Waals surface area (Å²) in [7, 11) is 5.11. The van der Waals surface area contributed by atoms with Gasteiger partial charge < -0.3 is 20.1 Å². The summed E-state index contributed by atoms with van der Waals surface area (Å²) in [5.74, 6) is 3.37. The van der Waals surface area contributed by atoms with Gasteiger partial charge in [-0.2, -0.15) is 5.10 Å². The highest BCUT2D eigenvalue weighted by Gasteiger charge is 2.22. The van der Waals surface area contributed by atoms with Gasteiger partial charge in [0.1, 0.15) is 18.2 Å². The van der Waals surface area contributed by atoms with E-state index >= 15 is 0 Å². The molecule has 2 aromatic heterocycles. The highest BCUT2D eigenvalue weighted by Crippen LogP contribution is 2.23. The fraction of sp³-hybridized carbons (Fsp3) is 0.579. The Morgan fingerprint density at radius 1 is 1.34 bits per heavy atom. The van der Waals surface area contributed by atoms with Crippen molar-refractivity contribution in [3.8, 4) is 5.75 Å². The Morgan fingerprint density at radius 2 is 2.14 bits per heavy atom. The number of guanidine groups is 1. The standard InChI is InChI=1S/C19H29N7O2.HI/c1-12-8-21-15(13(2)18(12)28-5)9-22-19(20-3)23-14-6-7-17-24-16(11-27-4)25-26(17)10-14;/h8,14H,6-7,9-11H2,1-5H3,(H2,20,22,23);1H. The number of nitrogens with one attached hydrogen (secondary N) is 2. The van der Waals surface area contributed by atoms with Crippen LogP contribution in [0.2, 0.25) is 0 Å². The van der Waals surface area contributed by atoms with Crippen molar-refractivity contribution in [2.45, 2.75) is 52.4 Å². The number of methoxy groups -OCH3 is 2. The summed E-state index contributed by atoms with van der Waals surface area (Å²) in [5.41, 5.74) is 3.02. The van der Waals surface area contributed by atoms with Crippen LogP contribution < -0.4 is 15.4 Å². The smallest absolute Gasteiger partial charge is 0.191 e. The minimum absolute atomic E-state index is 0. The van der Waals surface area contributed by atoms with Crippen LogP contribution in [-0.4, -0.2) is 53.0 Å². The lowest BCUT2D eigenvalue weighted by Crippen LogP contribution is -2.47.